The van der Waals surface area contributed by atoms with Crippen LogP contribution in [0.5, 0.6) is 0 Å². The van der Waals surface area contributed by atoms with Gasteiger partial charge < -0.3 is 0 Å². The van der Waals surface area contributed by atoms with Crippen molar-refractivity contribution in [2.45, 2.75) is 12.8 Å². The minimum atomic E-state index is -0.340. The first-order chi connectivity index (χ1) is 7.18. The van der Waals surface area contributed by atoms with E-state index >= 15 is 0 Å². The Hall–Kier alpha value is -1.90. The first-order valence-electron chi connectivity index (χ1n) is 4.63. The van der Waals surface area contributed by atoms with Gasteiger partial charge in [0, 0.05) is 24.5 Å². The second-order valence-electron chi connectivity index (χ2n) is 3.34. The number of allylic oxidation sites excluding steroid dienone is 7. The van der Waals surface area contributed by atoms with Crippen LogP contribution in [0.4, 0.5) is 0 Å². The Balaban J connectivity index is 2.45. The zero-order chi connectivity index (χ0) is 10.8. The summed E-state index contributed by atoms with van der Waals surface area (Å²) in [4.78, 5) is 22.6. The van der Waals surface area contributed by atoms with E-state index < -0.39 is 0 Å². The average Bonchev–Trinajstić information content (AvgIpc) is 2.17. The summed E-state index contributed by atoms with van der Waals surface area (Å²) >= 11 is 0. The second-order valence-corrected chi connectivity index (χ2v) is 3.34. The highest BCUT2D eigenvalue weighted by molar-refractivity contribution is 6.05. The Morgan fingerprint density at radius 2 is 1.80 bits per heavy atom. The Kier molecular flexibility index (Phi) is 2.37. The molecular weight excluding hydrogens is 192 g/mol. The fraction of sp³-hybridized carbons (Fsp3) is 0.167. The third-order valence-electron chi connectivity index (χ3n) is 2.23. The van der Waals surface area contributed by atoms with Gasteiger partial charge in [0.2, 0.25) is 0 Å². The fourth-order valence-corrected chi connectivity index (χ4v) is 1.55. The number of hydrogen-bond acceptors (Lipinski definition) is 2. The minimum absolute atomic E-state index is 0.0850. The lowest BCUT2D eigenvalue weighted by molar-refractivity contribution is -0.115. The number of ketones is 2. The van der Waals surface area contributed by atoms with E-state index in [1.807, 2.05) is 0 Å². The number of carbonyl (C=O) groups is 2. The van der Waals surface area contributed by atoms with Crippen molar-refractivity contribution in [1.29, 1.82) is 0 Å². The van der Waals surface area contributed by atoms with Crippen LogP contribution in [0.15, 0.2) is 41.2 Å². The van der Waals surface area contributed by atoms with E-state index in [0.717, 1.165) is 0 Å². The molecule has 0 saturated heterocycles. The molecule has 0 saturated carbocycles. The van der Waals surface area contributed by atoms with Gasteiger partial charge in [-0.25, -0.2) is 0 Å². The zero-order valence-electron chi connectivity index (χ0n) is 7.95. The SMILES string of the molecule is [O]C1=C(C2=[C]C(=O)CC=C2)C(=O)CC=C1. The molecule has 0 unspecified atom stereocenters. The van der Waals surface area contributed by atoms with Crippen molar-refractivity contribution in [3.63, 3.8) is 0 Å². The third-order valence-corrected chi connectivity index (χ3v) is 2.23. The van der Waals surface area contributed by atoms with Crippen LogP contribution < -0.4 is 0 Å². The Morgan fingerprint density at radius 3 is 2.47 bits per heavy atom. The van der Waals surface area contributed by atoms with Gasteiger partial charge in [-0.15, -0.1) is 0 Å². The molecule has 0 aromatic carbocycles. The number of rotatable bonds is 1. The van der Waals surface area contributed by atoms with E-state index in [-0.39, 0.29) is 35.7 Å². The maximum absolute atomic E-state index is 11.5. The van der Waals surface area contributed by atoms with Crippen molar-refractivity contribution in [3.05, 3.63) is 47.3 Å². The summed E-state index contributed by atoms with van der Waals surface area (Å²) in [6.45, 7) is 0. The van der Waals surface area contributed by atoms with Crippen LogP contribution in [0.2, 0.25) is 0 Å². The highest BCUT2D eigenvalue weighted by atomic mass is 16.3. The van der Waals surface area contributed by atoms with E-state index in [1.54, 1.807) is 12.2 Å². The summed E-state index contributed by atoms with van der Waals surface area (Å²) in [6.07, 6.45) is 9.16. The summed E-state index contributed by atoms with van der Waals surface area (Å²) < 4.78 is 0. The minimum Gasteiger partial charge on any atom is -0.294 e. The molecule has 2 rings (SSSR count). The molecule has 0 bridgehead atoms. The molecule has 74 valence electrons. The normalized spacial score (nSPS) is 20.9. The molecule has 0 spiro atoms. The molecule has 0 heterocycles. The quantitative estimate of drug-likeness (QED) is 0.643. The van der Waals surface area contributed by atoms with Crippen LogP contribution in [-0.4, -0.2) is 11.6 Å². The summed E-state index contributed by atoms with van der Waals surface area (Å²) in [5.74, 6) is -0.785. The molecule has 3 heteroatoms. The van der Waals surface area contributed by atoms with Crippen LogP contribution in [0.25, 0.3) is 0 Å². The molecule has 0 N–H and O–H groups in total. The van der Waals surface area contributed by atoms with E-state index in [9.17, 15) is 14.7 Å². The van der Waals surface area contributed by atoms with Gasteiger partial charge in [0.25, 0.3) is 0 Å². The smallest absolute Gasteiger partial charge is 0.189 e. The molecule has 0 aromatic heterocycles. The molecule has 0 amide bonds. The second kappa shape index (κ2) is 3.69. The van der Waals surface area contributed by atoms with E-state index in [1.165, 1.54) is 12.2 Å². The lowest BCUT2D eigenvalue weighted by Gasteiger charge is -2.11. The molecule has 3 nitrogen and oxygen atoms in total. The molecular formula is C12H8O3. The summed E-state index contributed by atoms with van der Waals surface area (Å²) in [5.41, 5.74) is 0.410. The lowest BCUT2D eigenvalue weighted by atomic mass is 9.91. The van der Waals surface area contributed by atoms with Crippen LogP contribution in [0, 0.1) is 6.08 Å². The predicted octanol–water partition coefficient (Wildman–Crippen LogP) is 1.46. The van der Waals surface area contributed by atoms with E-state index in [0.29, 0.717) is 5.57 Å². The van der Waals surface area contributed by atoms with E-state index in [4.69, 9.17) is 0 Å². The van der Waals surface area contributed by atoms with Crippen molar-refractivity contribution in [2.24, 2.45) is 0 Å². The molecule has 0 atom stereocenters. The van der Waals surface area contributed by atoms with Gasteiger partial charge in [-0.2, -0.15) is 0 Å². The standard InChI is InChI=1S/C12H8O3/c13-9-4-1-3-8(7-9)12-10(14)5-2-6-11(12)15/h1-3,5H,4,6H2. The Morgan fingerprint density at radius 1 is 1.07 bits per heavy atom. The monoisotopic (exact) mass is 200 g/mol. The maximum atomic E-state index is 11.5. The summed E-state index contributed by atoms with van der Waals surface area (Å²) in [6, 6.07) is 0. The van der Waals surface area contributed by atoms with E-state index in [2.05, 4.69) is 6.08 Å². The van der Waals surface area contributed by atoms with Crippen LogP contribution in [0.1, 0.15) is 12.8 Å². The first-order valence-corrected chi connectivity index (χ1v) is 4.63. The summed E-state index contributed by atoms with van der Waals surface area (Å²) in [7, 11) is 0. The molecule has 0 aromatic rings. The van der Waals surface area contributed by atoms with Crippen LogP contribution in [-0.2, 0) is 14.7 Å². The number of carbonyl (C=O) groups excluding carboxylic acids is 2. The highest BCUT2D eigenvalue weighted by Crippen LogP contribution is 2.24. The highest BCUT2D eigenvalue weighted by Gasteiger charge is 2.22. The largest absolute Gasteiger partial charge is 0.294 e. The van der Waals surface area contributed by atoms with Crippen molar-refractivity contribution < 1.29 is 14.7 Å². The first kappa shape index (κ1) is 9.65. The van der Waals surface area contributed by atoms with Crippen molar-refractivity contribution in [1.82, 2.24) is 0 Å². The van der Waals surface area contributed by atoms with Crippen LogP contribution in [0.3, 0.4) is 0 Å². The van der Waals surface area contributed by atoms with Gasteiger partial charge >= 0.3 is 0 Å². The predicted molar refractivity (Wildman–Crippen MR) is 52.0 cm³/mol. The fourth-order valence-electron chi connectivity index (χ4n) is 1.55. The molecule has 0 fully saturated rings. The molecule has 2 aliphatic carbocycles. The molecule has 2 radical (unpaired) electrons. The average molecular weight is 200 g/mol. The van der Waals surface area contributed by atoms with Gasteiger partial charge in [-0.05, 0) is 6.08 Å². The van der Waals surface area contributed by atoms with Crippen molar-refractivity contribution in [2.75, 3.05) is 0 Å². The molecule has 0 aliphatic heterocycles. The Labute approximate surface area is 87.1 Å². The van der Waals surface area contributed by atoms with Gasteiger partial charge in [-0.3, -0.25) is 14.7 Å². The van der Waals surface area contributed by atoms with Crippen LogP contribution >= 0.6 is 0 Å². The third kappa shape index (κ3) is 1.81. The number of hydrogen-bond donors (Lipinski definition) is 0. The zero-order valence-corrected chi connectivity index (χ0v) is 7.95. The topological polar surface area (TPSA) is 54.0 Å². The summed E-state index contributed by atoms with van der Waals surface area (Å²) in [5, 5.41) is 11.5. The van der Waals surface area contributed by atoms with Crippen molar-refractivity contribution >= 4 is 11.6 Å². The maximum Gasteiger partial charge on any atom is 0.189 e. The van der Waals surface area contributed by atoms with Crippen molar-refractivity contribution in [3.8, 4) is 0 Å². The van der Waals surface area contributed by atoms with Gasteiger partial charge in [0.05, 0.1) is 5.57 Å². The molecule has 2 aliphatic rings. The van der Waals surface area contributed by atoms with Gasteiger partial charge in [0.1, 0.15) is 0 Å². The van der Waals surface area contributed by atoms with Gasteiger partial charge in [-0.1, -0.05) is 18.2 Å². The molecule has 15 heavy (non-hydrogen) atoms. The Bertz CT molecular complexity index is 447. The number of Topliss-reactive ketones (excluding diaryl/α,β-unsaturated/α-hetero) is 2. The van der Waals surface area contributed by atoms with Gasteiger partial charge in [0.15, 0.2) is 17.3 Å². The lowest BCUT2D eigenvalue weighted by Crippen LogP contribution is -2.12.